The van der Waals surface area contributed by atoms with Crippen LogP contribution in [0.25, 0.3) is 0 Å². The van der Waals surface area contributed by atoms with Gasteiger partial charge in [-0.05, 0) is 74.9 Å². The smallest absolute Gasteiger partial charge is 0.257 e. The van der Waals surface area contributed by atoms with E-state index in [0.717, 1.165) is 29.5 Å². The number of carbonyl (C=O) groups excluding carboxylic acids is 1. The first-order valence-corrected chi connectivity index (χ1v) is 13.3. The minimum Gasteiger partial charge on any atom is -0.361 e. The van der Waals surface area contributed by atoms with Gasteiger partial charge in [0.2, 0.25) is 0 Å². The number of pyridine rings is 1. The Kier molecular flexibility index (Phi) is 7.57. The third kappa shape index (κ3) is 5.76. The summed E-state index contributed by atoms with van der Waals surface area (Å²) in [5, 5.41) is 7.71. The van der Waals surface area contributed by atoms with Gasteiger partial charge >= 0.3 is 0 Å². The highest BCUT2D eigenvalue weighted by Crippen LogP contribution is 2.31. The van der Waals surface area contributed by atoms with Crippen molar-refractivity contribution in [2.75, 3.05) is 18.4 Å². The number of likely N-dealkylation sites (tertiary alicyclic amines) is 1. The molecule has 39 heavy (non-hydrogen) atoms. The Hall–Kier alpha value is -3.91. The van der Waals surface area contributed by atoms with E-state index >= 15 is 0 Å². The summed E-state index contributed by atoms with van der Waals surface area (Å²) in [6, 6.07) is 13.6. The van der Waals surface area contributed by atoms with E-state index in [0.29, 0.717) is 46.5 Å². The second kappa shape index (κ2) is 11.1. The summed E-state index contributed by atoms with van der Waals surface area (Å²) in [6.07, 6.45) is 3.14. The second-order valence-corrected chi connectivity index (χ2v) is 10.5. The van der Waals surface area contributed by atoms with Crippen molar-refractivity contribution in [3.8, 4) is 0 Å². The number of halogens is 2. The van der Waals surface area contributed by atoms with Gasteiger partial charge in [0, 0.05) is 30.9 Å². The van der Waals surface area contributed by atoms with Crippen LogP contribution < -0.4 is 10.9 Å². The van der Waals surface area contributed by atoms with E-state index in [1.54, 1.807) is 19.2 Å². The molecule has 1 fully saturated rings. The van der Waals surface area contributed by atoms with Crippen molar-refractivity contribution in [3.63, 3.8) is 0 Å². The Balaban J connectivity index is 1.46. The van der Waals surface area contributed by atoms with E-state index in [1.165, 1.54) is 22.8 Å². The molecule has 3 heterocycles. The van der Waals surface area contributed by atoms with Gasteiger partial charge in [0.05, 0.1) is 34.2 Å². The normalized spacial score (nSPS) is 14.0. The van der Waals surface area contributed by atoms with Gasteiger partial charge in [-0.2, -0.15) is 0 Å². The van der Waals surface area contributed by atoms with Crippen molar-refractivity contribution < 1.29 is 13.7 Å². The van der Waals surface area contributed by atoms with Crippen molar-refractivity contribution in [1.82, 2.24) is 14.6 Å². The first-order valence-electron chi connectivity index (χ1n) is 12.9. The number of hydrogen-bond acceptors (Lipinski definition) is 5. The zero-order valence-corrected chi connectivity index (χ0v) is 22.9. The fraction of sp³-hybridized carbons (Fsp3) is 0.300. The molecule has 1 N–H and O–H groups in total. The Bertz CT molecular complexity index is 1550. The minimum atomic E-state index is -0.271. The highest BCUT2D eigenvalue weighted by atomic mass is 35.5. The van der Waals surface area contributed by atoms with Crippen molar-refractivity contribution in [2.45, 2.75) is 46.1 Å². The number of aryl methyl sites for hydroxylation is 3. The van der Waals surface area contributed by atoms with Crippen LogP contribution >= 0.6 is 11.6 Å². The fourth-order valence-electron chi connectivity index (χ4n) is 5.07. The Morgan fingerprint density at radius 1 is 1.08 bits per heavy atom. The van der Waals surface area contributed by atoms with Crippen molar-refractivity contribution in [3.05, 3.63) is 110 Å². The first kappa shape index (κ1) is 26.7. The summed E-state index contributed by atoms with van der Waals surface area (Å²) in [6.45, 7) is 6.90. The number of anilines is 2. The third-order valence-electron chi connectivity index (χ3n) is 7.38. The predicted molar refractivity (Wildman–Crippen MR) is 150 cm³/mol. The Morgan fingerprint density at radius 3 is 2.46 bits per heavy atom. The molecule has 0 unspecified atom stereocenters. The van der Waals surface area contributed by atoms with E-state index in [4.69, 9.17) is 16.1 Å². The van der Waals surface area contributed by atoms with Crippen molar-refractivity contribution in [2.24, 2.45) is 0 Å². The molecule has 0 spiro atoms. The summed E-state index contributed by atoms with van der Waals surface area (Å²) in [5.41, 5.74) is 4.68. The number of piperidine rings is 1. The standard InChI is InChI=1S/C30H30ClFN4O3/c1-18-4-9-26(31)28(14-18)33-27-15-29(37)36(16-24-19(2)34-39-20(24)3)17-25(27)30(38)35-12-10-22(11-13-35)21-5-7-23(32)8-6-21/h4-9,14-15,17,22,33H,10-13,16H2,1-3H3. The number of aromatic nitrogens is 2. The number of rotatable bonds is 6. The lowest BCUT2D eigenvalue weighted by Gasteiger charge is -2.33. The summed E-state index contributed by atoms with van der Waals surface area (Å²) in [4.78, 5) is 28.9. The molecule has 1 aliphatic heterocycles. The van der Waals surface area contributed by atoms with Crippen LogP contribution in [0.2, 0.25) is 5.02 Å². The summed E-state index contributed by atoms with van der Waals surface area (Å²) < 4.78 is 20.2. The molecular weight excluding hydrogens is 519 g/mol. The second-order valence-electron chi connectivity index (χ2n) is 10.1. The SMILES string of the molecule is Cc1ccc(Cl)c(Nc2cc(=O)n(Cc3c(C)noc3C)cc2C(=O)N2CCC(c3ccc(F)cc3)CC2)c1. The van der Waals surface area contributed by atoms with Gasteiger partial charge < -0.3 is 19.3 Å². The largest absolute Gasteiger partial charge is 0.361 e. The molecule has 0 saturated carbocycles. The van der Waals surface area contributed by atoms with E-state index < -0.39 is 0 Å². The van der Waals surface area contributed by atoms with E-state index in [2.05, 4.69) is 10.5 Å². The van der Waals surface area contributed by atoms with Crippen LogP contribution in [0.1, 0.15) is 57.3 Å². The summed E-state index contributed by atoms with van der Waals surface area (Å²) in [7, 11) is 0. The average Bonchev–Trinajstić information content (AvgIpc) is 3.24. The molecule has 7 nitrogen and oxygen atoms in total. The van der Waals surface area contributed by atoms with Crippen LogP contribution in [0, 0.1) is 26.6 Å². The molecule has 1 amide bonds. The number of nitrogens with one attached hydrogen (secondary N) is 1. The highest BCUT2D eigenvalue weighted by molar-refractivity contribution is 6.33. The molecule has 1 aliphatic rings. The zero-order chi connectivity index (χ0) is 27.7. The first-order chi connectivity index (χ1) is 18.7. The lowest BCUT2D eigenvalue weighted by molar-refractivity contribution is 0.0713. The number of amides is 1. The molecule has 5 rings (SSSR count). The highest BCUT2D eigenvalue weighted by Gasteiger charge is 2.27. The molecule has 2 aromatic carbocycles. The topological polar surface area (TPSA) is 80.4 Å². The van der Waals surface area contributed by atoms with Gasteiger partial charge in [-0.25, -0.2) is 4.39 Å². The molecule has 2 aromatic heterocycles. The van der Waals surface area contributed by atoms with Gasteiger partial charge in [0.15, 0.2) is 0 Å². The minimum absolute atomic E-state index is 0.175. The van der Waals surface area contributed by atoms with Gasteiger partial charge in [-0.3, -0.25) is 9.59 Å². The van der Waals surface area contributed by atoms with E-state index in [9.17, 15) is 14.0 Å². The molecule has 9 heteroatoms. The maximum absolute atomic E-state index is 13.9. The maximum atomic E-state index is 13.9. The maximum Gasteiger partial charge on any atom is 0.257 e. The molecule has 0 aliphatic carbocycles. The van der Waals surface area contributed by atoms with Crippen molar-refractivity contribution in [1.29, 1.82) is 0 Å². The zero-order valence-electron chi connectivity index (χ0n) is 22.1. The molecule has 0 radical (unpaired) electrons. The molecule has 4 aromatic rings. The molecule has 0 atom stereocenters. The van der Waals surface area contributed by atoms with Gasteiger partial charge in [-0.1, -0.05) is 35.0 Å². The lowest BCUT2D eigenvalue weighted by atomic mass is 9.89. The average molecular weight is 549 g/mol. The van der Waals surface area contributed by atoms with Crippen LogP contribution in [-0.4, -0.2) is 33.6 Å². The molecular formula is C30H30ClFN4O3. The van der Waals surface area contributed by atoms with Gasteiger partial charge in [0.25, 0.3) is 11.5 Å². The molecule has 0 bridgehead atoms. The third-order valence-corrected chi connectivity index (χ3v) is 7.71. The predicted octanol–water partition coefficient (Wildman–Crippen LogP) is 6.37. The van der Waals surface area contributed by atoms with E-state index in [-0.39, 0.29) is 29.7 Å². The summed E-state index contributed by atoms with van der Waals surface area (Å²) in [5.74, 6) is 0.453. The fourth-order valence-corrected chi connectivity index (χ4v) is 5.23. The number of hydrogen-bond donors (Lipinski definition) is 1. The number of benzene rings is 2. The van der Waals surface area contributed by atoms with Gasteiger partial charge in [0.1, 0.15) is 11.6 Å². The Labute approximate surface area is 231 Å². The quantitative estimate of drug-likeness (QED) is 0.303. The lowest BCUT2D eigenvalue weighted by Crippen LogP contribution is -2.39. The number of carbonyl (C=O) groups is 1. The summed E-state index contributed by atoms with van der Waals surface area (Å²) >= 11 is 6.43. The van der Waals surface area contributed by atoms with E-state index in [1.807, 2.05) is 43.0 Å². The monoisotopic (exact) mass is 548 g/mol. The van der Waals surface area contributed by atoms with Crippen LogP contribution in [0.3, 0.4) is 0 Å². The van der Waals surface area contributed by atoms with Crippen LogP contribution in [-0.2, 0) is 6.54 Å². The van der Waals surface area contributed by atoms with Crippen LogP contribution in [0.5, 0.6) is 0 Å². The molecule has 1 saturated heterocycles. The molecule has 202 valence electrons. The van der Waals surface area contributed by atoms with Crippen LogP contribution in [0.4, 0.5) is 15.8 Å². The van der Waals surface area contributed by atoms with Crippen LogP contribution in [0.15, 0.2) is 64.0 Å². The van der Waals surface area contributed by atoms with Gasteiger partial charge in [-0.15, -0.1) is 0 Å². The van der Waals surface area contributed by atoms with Crippen molar-refractivity contribution >= 4 is 28.9 Å². The Morgan fingerprint density at radius 2 is 1.79 bits per heavy atom. The number of nitrogens with zero attached hydrogens (tertiary/aromatic N) is 3.